The number of hydrogen-bond acceptors (Lipinski definition) is 3. The van der Waals surface area contributed by atoms with Gasteiger partial charge in [0, 0.05) is 18.3 Å². The molecule has 0 atom stereocenters. The number of nitrogens with zero attached hydrogens (tertiary/aromatic N) is 2. The van der Waals surface area contributed by atoms with Crippen molar-refractivity contribution in [3.8, 4) is 0 Å². The number of aromatic nitrogens is 2. The van der Waals surface area contributed by atoms with E-state index in [0.717, 1.165) is 37.0 Å². The van der Waals surface area contributed by atoms with Crippen LogP contribution in [0.2, 0.25) is 0 Å². The highest BCUT2D eigenvalue weighted by Crippen LogP contribution is 2.32. The van der Waals surface area contributed by atoms with Gasteiger partial charge in [-0.1, -0.05) is 13.8 Å². The van der Waals surface area contributed by atoms with Crippen LogP contribution in [0.1, 0.15) is 43.0 Å². The first-order valence-electron chi connectivity index (χ1n) is 7.39. The zero-order valence-electron chi connectivity index (χ0n) is 12.1. The number of hydrogen-bond donors (Lipinski definition) is 1. The van der Waals surface area contributed by atoms with Gasteiger partial charge in [0.25, 0.3) is 0 Å². The number of carbonyl (C=O) groups excluding carboxylic acids is 1. The van der Waals surface area contributed by atoms with Crippen LogP contribution in [0.25, 0.3) is 11.0 Å². The minimum Gasteiger partial charge on any atom is -0.317 e. The molecule has 1 saturated heterocycles. The lowest BCUT2D eigenvalue weighted by molar-refractivity contribution is 0.0860. The van der Waals surface area contributed by atoms with Crippen molar-refractivity contribution in [1.29, 1.82) is 0 Å². The van der Waals surface area contributed by atoms with Crippen LogP contribution in [0.3, 0.4) is 0 Å². The zero-order valence-corrected chi connectivity index (χ0v) is 12.1. The normalized spacial score (nSPS) is 16.9. The number of nitrogens with one attached hydrogen (secondary N) is 1. The average molecular weight is 271 g/mol. The summed E-state index contributed by atoms with van der Waals surface area (Å²) >= 11 is 0. The van der Waals surface area contributed by atoms with Crippen molar-refractivity contribution in [2.45, 2.75) is 32.6 Å². The summed E-state index contributed by atoms with van der Waals surface area (Å²) in [7, 11) is 0. The molecule has 0 saturated carbocycles. The van der Waals surface area contributed by atoms with Crippen LogP contribution in [-0.2, 0) is 0 Å². The van der Waals surface area contributed by atoms with Gasteiger partial charge in [-0.25, -0.2) is 0 Å². The van der Waals surface area contributed by atoms with Gasteiger partial charge in [-0.05, 0) is 49.5 Å². The van der Waals surface area contributed by atoms with Gasteiger partial charge >= 0.3 is 0 Å². The third-order valence-electron chi connectivity index (χ3n) is 4.10. The van der Waals surface area contributed by atoms with Crippen molar-refractivity contribution in [2.24, 2.45) is 5.92 Å². The highest BCUT2D eigenvalue weighted by Gasteiger charge is 2.23. The summed E-state index contributed by atoms with van der Waals surface area (Å²) in [6.07, 6.45) is 6.07. The van der Waals surface area contributed by atoms with E-state index >= 15 is 0 Å². The molecule has 3 heterocycles. The van der Waals surface area contributed by atoms with Crippen molar-refractivity contribution in [3.05, 3.63) is 30.1 Å². The zero-order chi connectivity index (χ0) is 14.1. The van der Waals surface area contributed by atoms with Crippen molar-refractivity contribution in [3.63, 3.8) is 0 Å². The molecule has 4 heteroatoms. The van der Waals surface area contributed by atoms with Gasteiger partial charge in [0.1, 0.15) is 0 Å². The molecule has 2 aromatic rings. The summed E-state index contributed by atoms with van der Waals surface area (Å²) in [5, 5.41) is 3.39. The third-order valence-corrected chi connectivity index (χ3v) is 4.10. The van der Waals surface area contributed by atoms with Crippen molar-refractivity contribution in [2.75, 3.05) is 13.1 Å². The van der Waals surface area contributed by atoms with Crippen LogP contribution in [0.4, 0.5) is 0 Å². The predicted octanol–water partition coefficient (Wildman–Crippen LogP) is 2.80. The molecule has 1 fully saturated rings. The van der Waals surface area contributed by atoms with Crippen molar-refractivity contribution < 1.29 is 4.79 Å². The van der Waals surface area contributed by atoms with E-state index in [1.54, 1.807) is 4.57 Å². The topological polar surface area (TPSA) is 46.9 Å². The molecular weight excluding hydrogens is 250 g/mol. The highest BCUT2D eigenvalue weighted by molar-refractivity contribution is 5.93. The molecule has 4 nitrogen and oxygen atoms in total. The summed E-state index contributed by atoms with van der Waals surface area (Å²) in [5.41, 5.74) is 3.17. The Kier molecular flexibility index (Phi) is 3.57. The van der Waals surface area contributed by atoms with Gasteiger partial charge in [0.15, 0.2) is 0 Å². The van der Waals surface area contributed by atoms with E-state index in [2.05, 4.69) is 10.3 Å². The maximum absolute atomic E-state index is 12.4. The Morgan fingerprint density at radius 3 is 2.85 bits per heavy atom. The molecule has 0 spiro atoms. The monoisotopic (exact) mass is 271 g/mol. The van der Waals surface area contributed by atoms with Gasteiger partial charge in [-0.3, -0.25) is 14.3 Å². The molecule has 1 N–H and O–H groups in total. The Bertz CT molecular complexity index is 624. The molecule has 1 aliphatic heterocycles. The second-order valence-corrected chi connectivity index (χ2v) is 5.84. The third kappa shape index (κ3) is 2.24. The fourth-order valence-electron chi connectivity index (χ4n) is 2.98. The number of fused-ring (bicyclic) bond motifs is 1. The number of piperidine rings is 1. The Morgan fingerprint density at radius 1 is 1.40 bits per heavy atom. The average Bonchev–Trinajstić information content (AvgIpc) is 2.87. The largest absolute Gasteiger partial charge is 0.317 e. The van der Waals surface area contributed by atoms with Gasteiger partial charge in [-0.2, -0.15) is 0 Å². The molecule has 2 aromatic heterocycles. The highest BCUT2D eigenvalue weighted by atomic mass is 16.2. The Hall–Kier alpha value is -1.68. The Balaban J connectivity index is 2.10. The van der Waals surface area contributed by atoms with Crippen LogP contribution < -0.4 is 5.32 Å². The Morgan fingerprint density at radius 2 is 2.15 bits per heavy atom. The molecule has 0 unspecified atom stereocenters. The fourth-order valence-corrected chi connectivity index (χ4v) is 2.98. The second kappa shape index (κ2) is 5.37. The standard InChI is InChI=1S/C16H21N3O/c1-11(2)16(20)19-10-13(12-5-8-17-9-6-12)15-14(19)4-3-7-18-15/h3-4,7,10-12,17H,5-6,8-9H2,1-2H3. The molecule has 0 aliphatic carbocycles. The SMILES string of the molecule is CC(C)C(=O)n1cc(C2CCNCC2)c2ncccc21. The second-order valence-electron chi connectivity index (χ2n) is 5.84. The first-order valence-corrected chi connectivity index (χ1v) is 7.39. The Labute approximate surface area is 119 Å². The minimum absolute atomic E-state index is 0.00770. The molecule has 106 valence electrons. The quantitative estimate of drug-likeness (QED) is 0.913. The van der Waals surface area contributed by atoms with E-state index < -0.39 is 0 Å². The van der Waals surface area contributed by atoms with Crippen molar-refractivity contribution >= 4 is 16.9 Å². The van der Waals surface area contributed by atoms with E-state index in [1.807, 2.05) is 38.4 Å². The lowest BCUT2D eigenvalue weighted by Crippen LogP contribution is -2.26. The summed E-state index contributed by atoms with van der Waals surface area (Å²) < 4.78 is 1.80. The van der Waals surface area contributed by atoms with E-state index in [0.29, 0.717) is 5.92 Å². The molecule has 3 rings (SSSR count). The summed E-state index contributed by atoms with van der Waals surface area (Å²) in [5.74, 6) is 0.643. The lowest BCUT2D eigenvalue weighted by Gasteiger charge is -2.21. The van der Waals surface area contributed by atoms with Crippen LogP contribution >= 0.6 is 0 Å². The van der Waals surface area contributed by atoms with E-state index in [9.17, 15) is 4.79 Å². The summed E-state index contributed by atoms with van der Waals surface area (Å²) in [6, 6.07) is 3.89. The molecule has 0 amide bonds. The minimum atomic E-state index is -0.00770. The lowest BCUT2D eigenvalue weighted by atomic mass is 9.91. The predicted molar refractivity (Wildman–Crippen MR) is 80.0 cm³/mol. The van der Waals surface area contributed by atoms with E-state index in [1.165, 1.54) is 5.56 Å². The van der Waals surface area contributed by atoms with Crippen LogP contribution in [0, 0.1) is 5.92 Å². The molecule has 0 bridgehead atoms. The van der Waals surface area contributed by atoms with E-state index in [-0.39, 0.29) is 11.8 Å². The first kappa shape index (κ1) is 13.3. The van der Waals surface area contributed by atoms with Gasteiger partial charge < -0.3 is 5.32 Å². The first-order chi connectivity index (χ1) is 9.68. The molecule has 20 heavy (non-hydrogen) atoms. The molecule has 0 aromatic carbocycles. The fraction of sp³-hybridized carbons (Fsp3) is 0.500. The van der Waals surface area contributed by atoms with Gasteiger partial charge in [-0.15, -0.1) is 0 Å². The smallest absolute Gasteiger partial charge is 0.233 e. The summed E-state index contributed by atoms with van der Waals surface area (Å²) in [6.45, 7) is 5.97. The van der Waals surface area contributed by atoms with Crippen LogP contribution in [-0.4, -0.2) is 28.5 Å². The number of carbonyl (C=O) groups is 1. The number of rotatable bonds is 2. The molecular formula is C16H21N3O. The maximum Gasteiger partial charge on any atom is 0.233 e. The van der Waals surface area contributed by atoms with Crippen LogP contribution in [0.5, 0.6) is 0 Å². The van der Waals surface area contributed by atoms with E-state index in [4.69, 9.17) is 0 Å². The van der Waals surface area contributed by atoms with Gasteiger partial charge in [0.2, 0.25) is 5.91 Å². The maximum atomic E-state index is 12.4. The molecule has 0 radical (unpaired) electrons. The van der Waals surface area contributed by atoms with Crippen molar-refractivity contribution in [1.82, 2.24) is 14.9 Å². The molecule has 1 aliphatic rings. The summed E-state index contributed by atoms with van der Waals surface area (Å²) in [4.78, 5) is 16.9. The van der Waals surface area contributed by atoms with Crippen LogP contribution in [0.15, 0.2) is 24.5 Å². The van der Waals surface area contributed by atoms with Gasteiger partial charge in [0.05, 0.1) is 11.0 Å². The number of pyridine rings is 1.